The second kappa shape index (κ2) is 7.67. The molecule has 2 N–H and O–H groups in total. The van der Waals surface area contributed by atoms with E-state index in [2.05, 4.69) is 20.3 Å². The first kappa shape index (κ1) is 19.6. The van der Waals surface area contributed by atoms with Gasteiger partial charge in [0.15, 0.2) is 0 Å². The number of pyridine rings is 1. The molecule has 6 nitrogen and oxygen atoms in total. The minimum atomic E-state index is -4.55. The number of nitrogens with one attached hydrogen (secondary N) is 2. The average molecular weight is 368 g/mol. The Hall–Kier alpha value is -2.71. The molecule has 0 aliphatic heterocycles. The van der Waals surface area contributed by atoms with Gasteiger partial charge in [0.05, 0.1) is 5.56 Å². The van der Waals surface area contributed by atoms with E-state index in [-0.39, 0.29) is 36.0 Å². The van der Waals surface area contributed by atoms with E-state index in [9.17, 15) is 22.8 Å². The zero-order valence-electron chi connectivity index (χ0n) is 14.6. The van der Waals surface area contributed by atoms with E-state index in [0.717, 1.165) is 6.07 Å². The van der Waals surface area contributed by atoms with Crippen LogP contribution in [0, 0.1) is 6.92 Å². The zero-order chi connectivity index (χ0) is 19.5. The maximum atomic E-state index is 12.8. The normalized spacial score (nSPS) is 11.7. The first-order valence-electron chi connectivity index (χ1n) is 8.01. The highest BCUT2D eigenvalue weighted by Crippen LogP contribution is 2.27. The lowest BCUT2D eigenvalue weighted by molar-refractivity contribution is -0.141. The number of hydrogen-bond acceptors (Lipinski definition) is 4. The molecule has 0 spiro atoms. The van der Waals surface area contributed by atoms with Crippen LogP contribution >= 0.6 is 0 Å². The van der Waals surface area contributed by atoms with Crippen molar-refractivity contribution in [2.45, 2.75) is 39.3 Å². The van der Waals surface area contributed by atoms with Crippen LogP contribution in [0.5, 0.6) is 0 Å². The fourth-order valence-corrected chi connectivity index (χ4v) is 2.41. The Morgan fingerprint density at radius 3 is 2.58 bits per heavy atom. The molecule has 0 aromatic carbocycles. The van der Waals surface area contributed by atoms with Gasteiger partial charge in [-0.2, -0.15) is 13.2 Å². The van der Waals surface area contributed by atoms with E-state index in [1.54, 1.807) is 0 Å². The van der Waals surface area contributed by atoms with Crippen LogP contribution in [0.4, 0.5) is 13.2 Å². The second-order valence-corrected chi connectivity index (χ2v) is 6.12. The summed E-state index contributed by atoms with van der Waals surface area (Å²) in [6.45, 7) is 5.19. The number of amides is 1. The fourth-order valence-electron chi connectivity index (χ4n) is 2.41. The van der Waals surface area contributed by atoms with Crippen LogP contribution in [0.1, 0.15) is 53.0 Å². The fraction of sp³-hybridized carbons (Fsp3) is 0.412. The molecule has 2 aromatic rings. The van der Waals surface area contributed by atoms with Crippen molar-refractivity contribution in [3.8, 4) is 0 Å². The number of H-pyrrole nitrogens is 1. The summed E-state index contributed by atoms with van der Waals surface area (Å²) in [7, 11) is 0. The number of nitrogens with zero attached hydrogens (tertiary/aromatic N) is 2. The minimum absolute atomic E-state index is 0.00294. The van der Waals surface area contributed by atoms with Crippen molar-refractivity contribution in [3.05, 3.63) is 57.0 Å². The third kappa shape index (κ3) is 4.90. The first-order valence-corrected chi connectivity index (χ1v) is 8.01. The van der Waals surface area contributed by atoms with Crippen LogP contribution in [0.15, 0.2) is 23.0 Å². The second-order valence-electron chi connectivity index (χ2n) is 6.12. The van der Waals surface area contributed by atoms with Gasteiger partial charge in [-0.25, -0.2) is 9.97 Å². The van der Waals surface area contributed by atoms with Crippen molar-refractivity contribution in [1.29, 1.82) is 0 Å². The summed E-state index contributed by atoms with van der Waals surface area (Å²) in [5.41, 5.74) is -0.287. The Morgan fingerprint density at radius 2 is 1.96 bits per heavy atom. The summed E-state index contributed by atoms with van der Waals surface area (Å²) in [5.74, 6) is -0.490. The summed E-state index contributed by atoms with van der Waals surface area (Å²) in [5, 5.41) is 2.62. The van der Waals surface area contributed by atoms with Crippen molar-refractivity contribution >= 4 is 5.91 Å². The number of aromatic amines is 1. The number of rotatable bonds is 5. The highest BCUT2D eigenvalue weighted by Gasteiger charge is 2.33. The summed E-state index contributed by atoms with van der Waals surface area (Å²) in [4.78, 5) is 33.8. The Kier molecular flexibility index (Phi) is 5.79. The molecule has 0 aliphatic rings. The monoisotopic (exact) mass is 368 g/mol. The van der Waals surface area contributed by atoms with E-state index in [4.69, 9.17) is 0 Å². The lowest BCUT2D eigenvalue weighted by atomic mass is 10.0. The maximum absolute atomic E-state index is 12.8. The summed E-state index contributed by atoms with van der Waals surface area (Å²) >= 11 is 0. The maximum Gasteiger partial charge on any atom is 0.433 e. The molecule has 26 heavy (non-hydrogen) atoms. The number of aromatic nitrogens is 3. The number of aryl methyl sites for hydroxylation is 1. The molecule has 2 heterocycles. The third-order valence-electron chi connectivity index (χ3n) is 3.60. The van der Waals surface area contributed by atoms with E-state index in [1.165, 1.54) is 19.1 Å². The van der Waals surface area contributed by atoms with Crippen LogP contribution in [-0.2, 0) is 12.6 Å². The van der Waals surface area contributed by atoms with Gasteiger partial charge in [-0.05, 0) is 25.0 Å². The Labute approximate surface area is 147 Å². The molecule has 0 bridgehead atoms. The average Bonchev–Trinajstić information content (AvgIpc) is 2.53. The molecule has 0 saturated carbocycles. The highest BCUT2D eigenvalue weighted by molar-refractivity contribution is 5.95. The number of alkyl halides is 3. The van der Waals surface area contributed by atoms with Gasteiger partial charge < -0.3 is 10.3 Å². The van der Waals surface area contributed by atoms with Gasteiger partial charge in [-0.3, -0.25) is 9.59 Å². The van der Waals surface area contributed by atoms with Gasteiger partial charge in [0.1, 0.15) is 11.5 Å². The van der Waals surface area contributed by atoms with Gasteiger partial charge in [-0.1, -0.05) is 13.8 Å². The van der Waals surface area contributed by atoms with Gasteiger partial charge in [0.2, 0.25) is 5.56 Å². The number of carbonyl (C=O) groups is 1. The molecule has 0 saturated heterocycles. The highest BCUT2D eigenvalue weighted by atomic mass is 19.4. The van der Waals surface area contributed by atoms with Gasteiger partial charge >= 0.3 is 6.18 Å². The minimum Gasteiger partial charge on any atom is -0.352 e. The van der Waals surface area contributed by atoms with Crippen LogP contribution in [0.2, 0.25) is 0 Å². The number of hydrogen-bond donors (Lipinski definition) is 2. The molecular formula is C17H19F3N4O2. The molecule has 0 atom stereocenters. The largest absolute Gasteiger partial charge is 0.433 e. The van der Waals surface area contributed by atoms with Crippen molar-refractivity contribution in [2.24, 2.45) is 0 Å². The lowest BCUT2D eigenvalue weighted by Crippen LogP contribution is -2.29. The van der Waals surface area contributed by atoms with Crippen molar-refractivity contribution in [1.82, 2.24) is 20.3 Å². The molecule has 0 unspecified atom stereocenters. The van der Waals surface area contributed by atoms with Crippen molar-refractivity contribution in [2.75, 3.05) is 6.54 Å². The lowest BCUT2D eigenvalue weighted by Gasteiger charge is -2.12. The molecule has 0 fully saturated rings. The van der Waals surface area contributed by atoms with Gasteiger partial charge in [-0.15, -0.1) is 0 Å². The number of carbonyl (C=O) groups excluding carboxylic acids is 1. The van der Waals surface area contributed by atoms with E-state index >= 15 is 0 Å². The summed E-state index contributed by atoms with van der Waals surface area (Å²) < 4.78 is 38.3. The van der Waals surface area contributed by atoms with Crippen molar-refractivity contribution < 1.29 is 18.0 Å². The summed E-state index contributed by atoms with van der Waals surface area (Å²) in [6, 6.07) is 3.55. The standard InChI is InChI=1S/C17H19F3N4O2/c1-9(2)15-11(4-5-14(25)24-15)16(26)21-7-6-13-22-10(3)8-12(23-13)17(18,19)20/h4-5,8-9H,6-7H2,1-3H3,(H,21,26)(H,24,25). The molecular weight excluding hydrogens is 349 g/mol. The first-order chi connectivity index (χ1) is 12.1. The molecule has 0 aliphatic carbocycles. The van der Waals surface area contributed by atoms with Crippen LogP contribution in [-0.4, -0.2) is 27.4 Å². The molecule has 0 radical (unpaired) electrons. The van der Waals surface area contributed by atoms with E-state index in [0.29, 0.717) is 11.3 Å². The molecule has 1 amide bonds. The van der Waals surface area contributed by atoms with E-state index < -0.39 is 17.8 Å². The quantitative estimate of drug-likeness (QED) is 0.849. The molecule has 9 heteroatoms. The Balaban J connectivity index is 2.08. The van der Waals surface area contributed by atoms with Crippen LogP contribution in [0.25, 0.3) is 0 Å². The van der Waals surface area contributed by atoms with Gasteiger partial charge in [0.25, 0.3) is 5.91 Å². The topological polar surface area (TPSA) is 87.7 Å². The summed E-state index contributed by atoms with van der Waals surface area (Å²) in [6.07, 6.45) is -4.50. The van der Waals surface area contributed by atoms with Crippen molar-refractivity contribution in [3.63, 3.8) is 0 Å². The SMILES string of the molecule is Cc1cc(C(F)(F)F)nc(CCNC(=O)c2ccc(=O)[nH]c2C(C)C)n1. The number of halogens is 3. The van der Waals surface area contributed by atoms with Gasteiger partial charge in [0, 0.05) is 30.4 Å². The van der Waals surface area contributed by atoms with Crippen LogP contribution < -0.4 is 10.9 Å². The predicted molar refractivity (Wildman–Crippen MR) is 89.0 cm³/mol. The third-order valence-corrected chi connectivity index (χ3v) is 3.60. The smallest absolute Gasteiger partial charge is 0.352 e. The molecule has 2 aromatic heterocycles. The zero-order valence-corrected chi connectivity index (χ0v) is 14.6. The molecule has 140 valence electrons. The van der Waals surface area contributed by atoms with Crippen LogP contribution in [0.3, 0.4) is 0 Å². The Morgan fingerprint density at radius 1 is 1.27 bits per heavy atom. The predicted octanol–water partition coefficient (Wildman–Crippen LogP) is 2.59. The molecule has 2 rings (SSSR count). The van der Waals surface area contributed by atoms with E-state index in [1.807, 2.05) is 13.8 Å². The Bertz CT molecular complexity index is 860.